The van der Waals surface area contributed by atoms with Crippen molar-refractivity contribution in [3.63, 3.8) is 0 Å². The van der Waals surface area contributed by atoms with E-state index >= 15 is 0 Å². The van der Waals surface area contributed by atoms with Gasteiger partial charge in [-0.25, -0.2) is 4.99 Å². The lowest BCUT2D eigenvalue weighted by atomic mass is 9.93. The van der Waals surface area contributed by atoms with E-state index < -0.39 is 0 Å². The molecule has 0 atom stereocenters. The highest BCUT2D eigenvalue weighted by Gasteiger charge is 2.19. The van der Waals surface area contributed by atoms with Gasteiger partial charge in [0.1, 0.15) is 0 Å². The second-order valence-electron chi connectivity index (χ2n) is 12.4. The summed E-state index contributed by atoms with van der Waals surface area (Å²) in [4.78, 5) is 10.2. The Morgan fingerprint density at radius 2 is 1.38 bits per heavy atom. The molecule has 1 aliphatic carbocycles. The maximum Gasteiger partial charge on any atom is 0.154 e. The van der Waals surface area contributed by atoms with E-state index in [4.69, 9.17) is 9.98 Å². The lowest BCUT2D eigenvalue weighted by Crippen LogP contribution is -2.02. The SMILES string of the molecule is N#Cc1ccc(-c2ccc(C=NC(=NCc3ccccc3)C3=CCCC=C3)c3c2sc2c(-c4ccccc4)cc(-c4ccccc4)cc23)cc1. The summed E-state index contributed by atoms with van der Waals surface area (Å²) in [6.45, 7) is 0.563. The van der Waals surface area contributed by atoms with Crippen molar-refractivity contribution in [2.75, 3.05) is 0 Å². The maximum atomic E-state index is 9.48. The first-order valence-corrected chi connectivity index (χ1v) is 17.7. The minimum Gasteiger partial charge on any atom is -0.261 e. The molecule has 8 rings (SSSR count). The highest BCUT2D eigenvalue weighted by molar-refractivity contribution is 7.27. The normalized spacial score (nSPS) is 13.2. The van der Waals surface area contributed by atoms with Crippen molar-refractivity contribution in [1.82, 2.24) is 0 Å². The quantitative estimate of drug-likeness (QED) is 0.124. The van der Waals surface area contributed by atoms with Crippen LogP contribution in [0.15, 0.2) is 173 Å². The van der Waals surface area contributed by atoms with Gasteiger partial charge in [-0.3, -0.25) is 4.99 Å². The van der Waals surface area contributed by atoms with Gasteiger partial charge in [0, 0.05) is 43.1 Å². The fourth-order valence-electron chi connectivity index (χ4n) is 6.56. The van der Waals surface area contributed by atoms with Crippen molar-refractivity contribution >= 4 is 43.6 Å². The van der Waals surface area contributed by atoms with E-state index in [0.29, 0.717) is 12.1 Å². The zero-order valence-electron chi connectivity index (χ0n) is 27.5. The first kappa shape index (κ1) is 31.1. The molecule has 1 heterocycles. The average molecular weight is 660 g/mol. The highest BCUT2D eigenvalue weighted by atomic mass is 32.1. The van der Waals surface area contributed by atoms with E-state index in [0.717, 1.165) is 46.5 Å². The van der Waals surface area contributed by atoms with Crippen LogP contribution in [0.3, 0.4) is 0 Å². The van der Waals surface area contributed by atoms with Crippen molar-refractivity contribution in [2.24, 2.45) is 9.98 Å². The van der Waals surface area contributed by atoms with Crippen LogP contribution in [-0.4, -0.2) is 12.1 Å². The lowest BCUT2D eigenvalue weighted by Gasteiger charge is -2.10. The van der Waals surface area contributed by atoms with Crippen LogP contribution in [0.2, 0.25) is 0 Å². The molecule has 0 unspecified atom stereocenters. The summed E-state index contributed by atoms with van der Waals surface area (Å²) in [6.07, 6.45) is 10.6. The van der Waals surface area contributed by atoms with Crippen LogP contribution in [0.1, 0.15) is 29.5 Å². The largest absolute Gasteiger partial charge is 0.261 e. The van der Waals surface area contributed by atoms with E-state index in [-0.39, 0.29) is 0 Å². The molecule has 238 valence electrons. The van der Waals surface area contributed by atoms with Crippen LogP contribution in [-0.2, 0) is 6.54 Å². The van der Waals surface area contributed by atoms with Gasteiger partial charge >= 0.3 is 0 Å². The molecule has 0 fully saturated rings. The second kappa shape index (κ2) is 14.1. The number of nitrogens with zero attached hydrogens (tertiary/aromatic N) is 3. The third kappa shape index (κ3) is 6.35. The van der Waals surface area contributed by atoms with Crippen LogP contribution < -0.4 is 0 Å². The third-order valence-electron chi connectivity index (χ3n) is 9.10. The van der Waals surface area contributed by atoms with Gasteiger partial charge in [-0.05, 0) is 70.5 Å². The van der Waals surface area contributed by atoms with Gasteiger partial charge in [-0.1, -0.05) is 133 Å². The summed E-state index contributed by atoms with van der Waals surface area (Å²) in [5.74, 6) is 0.739. The Morgan fingerprint density at radius 1 is 0.680 bits per heavy atom. The Hall–Kier alpha value is -6.15. The minimum atomic E-state index is 0.563. The van der Waals surface area contributed by atoms with Crippen molar-refractivity contribution in [1.29, 1.82) is 5.26 Å². The fraction of sp³-hybridized carbons (Fsp3) is 0.0652. The number of nitriles is 1. The van der Waals surface area contributed by atoms with E-state index in [2.05, 4.69) is 146 Å². The Bertz CT molecular complexity index is 2480. The molecule has 0 aliphatic heterocycles. The topological polar surface area (TPSA) is 48.5 Å². The Balaban J connectivity index is 1.37. The first-order valence-electron chi connectivity index (χ1n) is 16.9. The zero-order valence-corrected chi connectivity index (χ0v) is 28.3. The highest BCUT2D eigenvalue weighted by Crippen LogP contribution is 2.46. The number of hydrogen-bond acceptors (Lipinski definition) is 3. The van der Waals surface area contributed by atoms with Crippen molar-refractivity contribution in [3.05, 3.63) is 180 Å². The van der Waals surface area contributed by atoms with Gasteiger partial charge in [0.15, 0.2) is 5.84 Å². The summed E-state index contributed by atoms with van der Waals surface area (Å²) in [6, 6.07) is 50.8. The summed E-state index contributed by atoms with van der Waals surface area (Å²) < 4.78 is 2.42. The minimum absolute atomic E-state index is 0.563. The molecule has 1 aromatic heterocycles. The standard InChI is InChI=1S/C46H33N3S/c47-29-32-21-23-36(24-22-32)40-26-25-38(31-49-46(37-19-11-4-12-20-37)48-30-33-13-5-1-6-14-33)43-42-28-39(34-15-7-2-8-16-34)27-41(44(42)50-45(40)43)35-17-9-3-10-18-35/h1-3,5-11,13-28,31H,4,12,30H2. The number of aliphatic imine (C=N–C) groups is 2. The van der Waals surface area contributed by atoms with Crippen LogP contribution in [0.25, 0.3) is 53.6 Å². The molecule has 0 saturated heterocycles. The molecule has 7 aromatic rings. The van der Waals surface area contributed by atoms with Gasteiger partial charge in [-0.15, -0.1) is 11.3 Å². The molecule has 1 aliphatic rings. The number of rotatable bonds is 7. The van der Waals surface area contributed by atoms with Crippen LogP contribution in [0.5, 0.6) is 0 Å². The van der Waals surface area contributed by atoms with E-state index in [9.17, 15) is 5.26 Å². The van der Waals surface area contributed by atoms with Gasteiger partial charge in [-0.2, -0.15) is 5.26 Å². The van der Waals surface area contributed by atoms with Gasteiger partial charge in [0.05, 0.1) is 18.2 Å². The van der Waals surface area contributed by atoms with Crippen LogP contribution >= 0.6 is 11.3 Å². The van der Waals surface area contributed by atoms with Crippen molar-refractivity contribution in [3.8, 4) is 39.4 Å². The first-order chi connectivity index (χ1) is 24.7. The van der Waals surface area contributed by atoms with E-state index in [1.807, 2.05) is 35.8 Å². The summed E-state index contributed by atoms with van der Waals surface area (Å²) in [5, 5.41) is 11.8. The molecule has 0 N–H and O–H groups in total. The Labute approximate surface area is 296 Å². The summed E-state index contributed by atoms with van der Waals surface area (Å²) in [7, 11) is 0. The number of hydrogen-bond donors (Lipinski definition) is 0. The summed E-state index contributed by atoms with van der Waals surface area (Å²) >= 11 is 1.82. The summed E-state index contributed by atoms with van der Waals surface area (Å²) in [5.41, 5.74) is 10.9. The fourth-order valence-corrected chi connectivity index (χ4v) is 7.95. The molecule has 4 heteroatoms. The lowest BCUT2D eigenvalue weighted by molar-refractivity contribution is 1.02. The average Bonchev–Trinajstić information content (AvgIpc) is 3.59. The predicted octanol–water partition coefficient (Wildman–Crippen LogP) is 12.2. The molecule has 6 aromatic carbocycles. The second-order valence-corrected chi connectivity index (χ2v) is 13.4. The van der Waals surface area contributed by atoms with Crippen LogP contribution in [0.4, 0.5) is 0 Å². The number of thiophene rings is 1. The zero-order chi connectivity index (χ0) is 33.7. The van der Waals surface area contributed by atoms with Gasteiger partial charge in [0.2, 0.25) is 0 Å². The molecular formula is C46H33N3S. The van der Waals surface area contributed by atoms with Crippen molar-refractivity contribution in [2.45, 2.75) is 19.4 Å². The van der Waals surface area contributed by atoms with Gasteiger partial charge < -0.3 is 0 Å². The monoisotopic (exact) mass is 659 g/mol. The molecule has 0 radical (unpaired) electrons. The van der Waals surface area contributed by atoms with E-state index in [1.54, 1.807) is 0 Å². The molecular weight excluding hydrogens is 627 g/mol. The molecule has 0 amide bonds. The Morgan fingerprint density at radius 3 is 2.08 bits per heavy atom. The Kier molecular flexibility index (Phi) is 8.81. The number of amidine groups is 1. The number of allylic oxidation sites excluding steroid dienone is 2. The van der Waals surface area contributed by atoms with Crippen molar-refractivity contribution < 1.29 is 0 Å². The smallest absolute Gasteiger partial charge is 0.154 e. The molecule has 0 bridgehead atoms. The molecule has 50 heavy (non-hydrogen) atoms. The molecule has 0 spiro atoms. The molecule has 3 nitrogen and oxygen atoms in total. The van der Waals surface area contributed by atoms with Gasteiger partial charge in [0.25, 0.3) is 0 Å². The number of fused-ring (bicyclic) bond motifs is 3. The maximum absolute atomic E-state index is 9.48. The van der Waals surface area contributed by atoms with Crippen LogP contribution in [0, 0.1) is 11.3 Å². The predicted molar refractivity (Wildman–Crippen MR) is 212 cm³/mol. The number of benzene rings is 6. The third-order valence-corrected chi connectivity index (χ3v) is 10.4. The molecule has 0 saturated carbocycles. The van der Waals surface area contributed by atoms with E-state index in [1.165, 1.54) is 42.4 Å².